The molecule has 1 N–H and O–H groups in total. The van der Waals surface area contributed by atoms with Crippen LogP contribution >= 0.6 is 0 Å². The Kier molecular flexibility index (Phi) is 12.9. The summed E-state index contributed by atoms with van der Waals surface area (Å²) in [5.41, 5.74) is 2.14. The van der Waals surface area contributed by atoms with Gasteiger partial charge < -0.3 is 23.4 Å². The molecule has 0 aromatic carbocycles. The zero-order valence-electron chi connectivity index (χ0n) is 10.1. The minimum absolute atomic E-state index is 0. The summed E-state index contributed by atoms with van der Waals surface area (Å²) in [5, 5.41) is 0. The third-order valence-corrected chi connectivity index (χ3v) is 1.44. The van der Waals surface area contributed by atoms with Crippen LogP contribution in [0.2, 0.25) is 0 Å². The van der Waals surface area contributed by atoms with Crippen LogP contribution in [0, 0.1) is 19.8 Å². The van der Waals surface area contributed by atoms with E-state index < -0.39 is 5.91 Å². The van der Waals surface area contributed by atoms with Crippen molar-refractivity contribution in [3.8, 4) is 0 Å². The maximum atomic E-state index is 10.3. The third-order valence-electron chi connectivity index (χ3n) is 1.44. The molecule has 16 heavy (non-hydrogen) atoms. The molecule has 0 aromatic rings. The van der Waals surface area contributed by atoms with Crippen molar-refractivity contribution in [3.63, 3.8) is 0 Å². The fraction of sp³-hybridized carbons (Fsp3) is 0.727. The minimum atomic E-state index is -0.445. The summed E-state index contributed by atoms with van der Waals surface area (Å²) in [4.78, 5) is 15.1. The van der Waals surface area contributed by atoms with Crippen molar-refractivity contribution < 1.29 is 32.9 Å². The topological polar surface area (TPSA) is 47.6 Å². The second-order valence-corrected chi connectivity index (χ2v) is 3.83. The minimum Gasteiger partial charge on any atom is -0.350 e. The maximum absolute atomic E-state index is 10.3. The predicted octanol–water partition coefficient (Wildman–Crippen LogP) is 1.87. The molecule has 1 heterocycles. The van der Waals surface area contributed by atoms with Crippen LogP contribution in [0.5, 0.6) is 0 Å². The molecule has 1 amide bonds. The number of nitrogens with one attached hydrogen (secondary N) is 1. The maximum Gasteiger partial charge on any atom is 2.00 e. The number of carbonyl (C=O) groups is 1. The van der Waals surface area contributed by atoms with Crippen LogP contribution in [-0.4, -0.2) is 18.8 Å². The molecule has 0 aliphatic carbocycles. The first-order valence-electron chi connectivity index (χ1n) is 5.24. The average molecular weight is 266 g/mol. The van der Waals surface area contributed by atoms with Crippen molar-refractivity contribution in [1.82, 2.24) is 5.48 Å². The van der Waals surface area contributed by atoms with Gasteiger partial charge in [0.2, 0.25) is 0 Å². The summed E-state index contributed by atoms with van der Waals surface area (Å²) >= 11 is 0. The van der Waals surface area contributed by atoms with Gasteiger partial charge in [-0.05, 0) is 12.8 Å². The number of hydroxylamine groups is 1. The molecule has 1 radical (unpaired) electrons. The fourth-order valence-electron chi connectivity index (χ4n) is 0.936. The quantitative estimate of drug-likeness (QED) is 0.613. The van der Waals surface area contributed by atoms with Crippen molar-refractivity contribution >= 4 is 5.91 Å². The van der Waals surface area contributed by atoms with Gasteiger partial charge in [-0.15, -0.1) is 0 Å². The average Bonchev–Trinajstić information content (AvgIpc) is 2.15. The van der Waals surface area contributed by atoms with Gasteiger partial charge in [0.15, 0.2) is 6.29 Å². The Morgan fingerprint density at radius 2 is 2.06 bits per heavy atom. The van der Waals surface area contributed by atoms with Crippen molar-refractivity contribution in [2.45, 2.75) is 39.4 Å². The molecule has 4 nitrogen and oxygen atoms in total. The SMILES string of the molecule is [CH2-]C(=O)NOC1CCCCO1.[CH2-]C(C)C.[V+2]. The molecule has 5 heteroatoms. The predicted molar refractivity (Wildman–Crippen MR) is 58.4 cm³/mol. The molecular weight excluding hydrogens is 245 g/mol. The van der Waals surface area contributed by atoms with Crippen molar-refractivity contribution in [2.24, 2.45) is 5.92 Å². The molecule has 1 aliphatic rings. The van der Waals surface area contributed by atoms with Gasteiger partial charge in [0, 0.05) is 13.0 Å². The first-order chi connectivity index (χ1) is 7.02. The van der Waals surface area contributed by atoms with E-state index in [1.165, 1.54) is 0 Å². The van der Waals surface area contributed by atoms with Crippen LogP contribution in [0.15, 0.2) is 0 Å². The van der Waals surface area contributed by atoms with Crippen LogP contribution in [0.1, 0.15) is 33.1 Å². The summed E-state index contributed by atoms with van der Waals surface area (Å²) in [6.45, 7) is 11.5. The van der Waals surface area contributed by atoms with Crippen LogP contribution in [0.25, 0.3) is 0 Å². The summed E-state index contributed by atoms with van der Waals surface area (Å²) < 4.78 is 5.16. The zero-order chi connectivity index (χ0) is 11.7. The summed E-state index contributed by atoms with van der Waals surface area (Å²) in [6.07, 6.45) is 2.70. The van der Waals surface area contributed by atoms with E-state index in [1.54, 1.807) is 0 Å². The standard InChI is InChI=1S/C7H12NO3.C4H9.V/c1-6(9)8-11-7-4-2-3-5-10-7;1-4(2)3;/h7H,1-5H2,(H,8,9);4H,1H2,2-3H3;/q2*-1;+2. The van der Waals surface area contributed by atoms with E-state index in [1.807, 2.05) is 0 Å². The van der Waals surface area contributed by atoms with E-state index in [0.29, 0.717) is 12.5 Å². The Morgan fingerprint density at radius 1 is 1.50 bits per heavy atom. The van der Waals surface area contributed by atoms with Crippen LogP contribution in [-0.2, 0) is 32.9 Å². The molecule has 93 valence electrons. The third kappa shape index (κ3) is 13.8. The van der Waals surface area contributed by atoms with Crippen LogP contribution in [0.3, 0.4) is 0 Å². The van der Waals surface area contributed by atoms with Gasteiger partial charge in [-0.3, -0.25) is 5.48 Å². The molecule has 0 aromatic heterocycles. The molecule has 1 unspecified atom stereocenters. The van der Waals surface area contributed by atoms with E-state index in [0.717, 1.165) is 19.3 Å². The number of hydrogen-bond donors (Lipinski definition) is 1. The van der Waals surface area contributed by atoms with Gasteiger partial charge in [-0.2, -0.15) is 5.92 Å². The molecule has 1 rings (SSSR count). The first-order valence-corrected chi connectivity index (χ1v) is 5.24. The second-order valence-electron chi connectivity index (χ2n) is 3.83. The van der Waals surface area contributed by atoms with E-state index in [4.69, 9.17) is 9.57 Å². The fourth-order valence-corrected chi connectivity index (χ4v) is 0.936. The van der Waals surface area contributed by atoms with Crippen LogP contribution < -0.4 is 5.48 Å². The molecule has 1 saturated heterocycles. The van der Waals surface area contributed by atoms with E-state index in [9.17, 15) is 4.79 Å². The van der Waals surface area contributed by atoms with Gasteiger partial charge in [0.25, 0.3) is 0 Å². The summed E-state index contributed by atoms with van der Waals surface area (Å²) in [5.74, 6) is 0.138. The van der Waals surface area contributed by atoms with E-state index >= 15 is 0 Å². The Balaban J connectivity index is 0. The smallest absolute Gasteiger partial charge is 0.350 e. The number of ether oxygens (including phenoxy) is 1. The molecule has 0 bridgehead atoms. The van der Waals surface area contributed by atoms with Crippen LogP contribution in [0.4, 0.5) is 0 Å². The van der Waals surface area contributed by atoms with E-state index in [-0.39, 0.29) is 24.8 Å². The van der Waals surface area contributed by atoms with Crippen molar-refractivity contribution in [2.75, 3.05) is 6.61 Å². The van der Waals surface area contributed by atoms with Gasteiger partial charge in [-0.25, -0.2) is 4.84 Å². The largest absolute Gasteiger partial charge is 2.00 e. The van der Waals surface area contributed by atoms with Gasteiger partial charge in [-0.1, -0.05) is 13.8 Å². The molecule has 1 aliphatic heterocycles. The molecule has 1 fully saturated rings. The van der Waals surface area contributed by atoms with Gasteiger partial charge >= 0.3 is 18.6 Å². The van der Waals surface area contributed by atoms with Gasteiger partial charge in [0.1, 0.15) is 5.91 Å². The number of amides is 1. The van der Waals surface area contributed by atoms with Crippen molar-refractivity contribution in [1.29, 1.82) is 0 Å². The first kappa shape index (κ1) is 18.2. The Hall–Kier alpha value is -0.156. The number of hydrogen-bond acceptors (Lipinski definition) is 3. The van der Waals surface area contributed by atoms with Crippen molar-refractivity contribution in [3.05, 3.63) is 13.8 Å². The molecule has 0 spiro atoms. The Labute approximate surface area is 110 Å². The molecule has 0 saturated carbocycles. The monoisotopic (exact) mass is 266 g/mol. The second kappa shape index (κ2) is 11.3. The summed E-state index contributed by atoms with van der Waals surface area (Å²) in [7, 11) is 0. The molecular formula is C11H21NO3V. The number of carbonyl (C=O) groups excluding carboxylic acids is 1. The Bertz CT molecular complexity index is 168. The normalized spacial score (nSPS) is 19.1. The van der Waals surface area contributed by atoms with Gasteiger partial charge in [0.05, 0.1) is 0 Å². The van der Waals surface area contributed by atoms with E-state index in [2.05, 4.69) is 33.2 Å². The number of rotatable bonds is 2. The zero-order valence-corrected chi connectivity index (χ0v) is 11.5. The molecule has 1 atom stereocenters. The summed E-state index contributed by atoms with van der Waals surface area (Å²) in [6, 6.07) is 0. The Morgan fingerprint density at radius 3 is 2.44 bits per heavy atom.